The highest BCUT2D eigenvalue weighted by Crippen LogP contribution is 2.25. The summed E-state index contributed by atoms with van der Waals surface area (Å²) in [6.45, 7) is 4.38. The topological polar surface area (TPSA) is 47.1 Å². The quantitative estimate of drug-likeness (QED) is 0.837. The van der Waals surface area contributed by atoms with E-state index in [0.717, 1.165) is 26.2 Å². The average molecular weight is 234 g/mol. The van der Waals surface area contributed by atoms with E-state index in [0.29, 0.717) is 12.0 Å². The molecule has 2 aliphatic rings. The Morgan fingerprint density at radius 3 is 3.06 bits per heavy atom. The van der Waals surface area contributed by atoms with Crippen LogP contribution in [0.25, 0.3) is 0 Å². The predicted octanol–water partition coefficient (Wildman–Crippen LogP) is 1.22. The molecule has 17 heavy (non-hydrogen) atoms. The van der Waals surface area contributed by atoms with Gasteiger partial charge in [-0.15, -0.1) is 0 Å². The summed E-state index contributed by atoms with van der Waals surface area (Å²) in [5, 5.41) is 0. The van der Waals surface area contributed by atoms with Crippen molar-refractivity contribution in [3.8, 4) is 0 Å². The summed E-state index contributed by atoms with van der Waals surface area (Å²) < 4.78 is 2.26. The first-order chi connectivity index (χ1) is 8.33. The number of nitrogens with two attached hydrogens (primary N) is 1. The van der Waals surface area contributed by atoms with Crippen molar-refractivity contribution >= 4 is 0 Å². The fourth-order valence-electron chi connectivity index (χ4n) is 3.17. The Morgan fingerprint density at radius 2 is 2.18 bits per heavy atom. The minimum Gasteiger partial charge on any atom is -0.333 e. The zero-order valence-corrected chi connectivity index (χ0v) is 10.4. The smallest absolute Gasteiger partial charge is 0.122 e. The van der Waals surface area contributed by atoms with Gasteiger partial charge in [-0.1, -0.05) is 12.8 Å². The van der Waals surface area contributed by atoms with Gasteiger partial charge < -0.3 is 10.3 Å². The van der Waals surface area contributed by atoms with E-state index in [-0.39, 0.29) is 0 Å². The molecule has 1 fully saturated rings. The first-order valence-electron chi connectivity index (χ1n) is 6.81. The van der Waals surface area contributed by atoms with E-state index in [1.807, 2.05) is 6.20 Å². The molecule has 0 radical (unpaired) electrons. The van der Waals surface area contributed by atoms with Crippen LogP contribution < -0.4 is 5.73 Å². The Kier molecular flexibility index (Phi) is 3.16. The van der Waals surface area contributed by atoms with E-state index in [9.17, 15) is 0 Å². The second-order valence-corrected chi connectivity index (χ2v) is 5.48. The maximum absolute atomic E-state index is 6.22. The van der Waals surface area contributed by atoms with Crippen LogP contribution in [0.5, 0.6) is 0 Å². The van der Waals surface area contributed by atoms with Crippen molar-refractivity contribution in [1.29, 1.82) is 0 Å². The second kappa shape index (κ2) is 4.78. The summed E-state index contributed by atoms with van der Waals surface area (Å²) in [5.41, 5.74) is 6.22. The van der Waals surface area contributed by atoms with E-state index in [4.69, 9.17) is 5.73 Å². The minimum absolute atomic E-state index is 0.422. The Bertz CT molecular complexity index is 373. The Hall–Kier alpha value is -0.870. The lowest BCUT2D eigenvalue weighted by molar-refractivity contribution is 0.153. The fraction of sp³-hybridized carbons (Fsp3) is 0.769. The number of imidazole rings is 1. The first-order valence-corrected chi connectivity index (χ1v) is 6.81. The maximum Gasteiger partial charge on any atom is 0.122 e. The van der Waals surface area contributed by atoms with Gasteiger partial charge in [0.1, 0.15) is 5.82 Å². The molecule has 2 atom stereocenters. The highest BCUT2D eigenvalue weighted by molar-refractivity contribution is 4.96. The zero-order chi connectivity index (χ0) is 11.7. The average Bonchev–Trinajstić information content (AvgIpc) is 2.79. The molecule has 2 heterocycles. The third kappa shape index (κ3) is 2.38. The van der Waals surface area contributed by atoms with Gasteiger partial charge in [-0.2, -0.15) is 0 Å². The number of rotatable bonds is 2. The molecular weight excluding hydrogens is 212 g/mol. The van der Waals surface area contributed by atoms with E-state index in [2.05, 4.69) is 20.6 Å². The molecule has 1 aromatic rings. The molecule has 4 heteroatoms. The summed E-state index contributed by atoms with van der Waals surface area (Å²) in [6.07, 6.45) is 9.20. The Balaban J connectivity index is 1.60. The largest absolute Gasteiger partial charge is 0.333 e. The van der Waals surface area contributed by atoms with E-state index < -0.39 is 0 Å². The highest BCUT2D eigenvalue weighted by Gasteiger charge is 2.25. The number of aromatic nitrogens is 2. The van der Waals surface area contributed by atoms with Gasteiger partial charge in [0, 0.05) is 38.1 Å². The van der Waals surface area contributed by atoms with Gasteiger partial charge in [-0.3, -0.25) is 4.90 Å². The summed E-state index contributed by atoms with van der Waals surface area (Å²) >= 11 is 0. The number of nitrogens with zero attached hydrogens (tertiary/aromatic N) is 3. The zero-order valence-electron chi connectivity index (χ0n) is 10.4. The van der Waals surface area contributed by atoms with Crippen molar-refractivity contribution in [3.05, 3.63) is 18.2 Å². The van der Waals surface area contributed by atoms with Crippen LogP contribution >= 0.6 is 0 Å². The highest BCUT2D eigenvalue weighted by atomic mass is 15.2. The lowest BCUT2D eigenvalue weighted by atomic mass is 9.84. The van der Waals surface area contributed by atoms with Crippen molar-refractivity contribution in [3.63, 3.8) is 0 Å². The molecule has 1 saturated carbocycles. The van der Waals surface area contributed by atoms with Crippen molar-refractivity contribution in [2.24, 2.45) is 11.7 Å². The van der Waals surface area contributed by atoms with Crippen molar-refractivity contribution in [2.75, 3.05) is 13.1 Å². The third-order valence-electron chi connectivity index (χ3n) is 4.28. The van der Waals surface area contributed by atoms with E-state index in [1.165, 1.54) is 31.5 Å². The molecule has 1 aliphatic heterocycles. The molecule has 2 unspecified atom stereocenters. The summed E-state index contributed by atoms with van der Waals surface area (Å²) in [4.78, 5) is 6.94. The Morgan fingerprint density at radius 1 is 1.29 bits per heavy atom. The summed E-state index contributed by atoms with van der Waals surface area (Å²) in [5.74, 6) is 1.91. The van der Waals surface area contributed by atoms with Gasteiger partial charge in [0.05, 0.1) is 6.54 Å². The molecule has 1 aliphatic carbocycles. The van der Waals surface area contributed by atoms with Crippen LogP contribution in [0.2, 0.25) is 0 Å². The summed E-state index contributed by atoms with van der Waals surface area (Å²) in [7, 11) is 0. The maximum atomic E-state index is 6.22. The van der Waals surface area contributed by atoms with Crippen LogP contribution in [0.1, 0.15) is 31.5 Å². The lowest BCUT2D eigenvalue weighted by Crippen LogP contribution is -2.43. The molecule has 94 valence electrons. The van der Waals surface area contributed by atoms with Gasteiger partial charge in [0.15, 0.2) is 0 Å². The number of hydrogen-bond acceptors (Lipinski definition) is 3. The van der Waals surface area contributed by atoms with Gasteiger partial charge in [-0.25, -0.2) is 4.98 Å². The molecule has 0 aromatic carbocycles. The molecule has 0 spiro atoms. The van der Waals surface area contributed by atoms with Crippen LogP contribution in [-0.2, 0) is 13.1 Å². The SMILES string of the molecule is NC1CCCCC1CN1CCn2ccnc2C1. The van der Waals surface area contributed by atoms with Gasteiger partial charge in [-0.05, 0) is 18.8 Å². The molecule has 0 bridgehead atoms. The third-order valence-corrected chi connectivity index (χ3v) is 4.28. The van der Waals surface area contributed by atoms with E-state index >= 15 is 0 Å². The van der Waals surface area contributed by atoms with Crippen LogP contribution in [-0.4, -0.2) is 33.6 Å². The van der Waals surface area contributed by atoms with Crippen molar-refractivity contribution in [1.82, 2.24) is 14.5 Å². The normalized spacial score (nSPS) is 30.2. The number of hydrogen-bond donors (Lipinski definition) is 1. The Labute approximate surface area is 103 Å². The molecule has 4 nitrogen and oxygen atoms in total. The van der Waals surface area contributed by atoms with Crippen LogP contribution in [0.15, 0.2) is 12.4 Å². The molecule has 2 N–H and O–H groups in total. The molecule has 0 amide bonds. The van der Waals surface area contributed by atoms with Gasteiger partial charge >= 0.3 is 0 Å². The lowest BCUT2D eigenvalue weighted by Gasteiger charge is -2.35. The van der Waals surface area contributed by atoms with E-state index in [1.54, 1.807) is 0 Å². The monoisotopic (exact) mass is 234 g/mol. The fourth-order valence-corrected chi connectivity index (χ4v) is 3.17. The van der Waals surface area contributed by atoms with Crippen molar-refractivity contribution < 1.29 is 0 Å². The summed E-state index contributed by atoms with van der Waals surface area (Å²) in [6, 6.07) is 0.422. The molecule has 3 rings (SSSR count). The molecule has 1 aromatic heterocycles. The van der Waals surface area contributed by atoms with Crippen LogP contribution in [0.4, 0.5) is 0 Å². The molecule has 0 saturated heterocycles. The van der Waals surface area contributed by atoms with Gasteiger partial charge in [0.2, 0.25) is 0 Å². The minimum atomic E-state index is 0.422. The molecular formula is C13H22N4. The first kappa shape index (κ1) is 11.2. The standard InChI is InChI=1S/C13H22N4/c14-12-4-2-1-3-11(12)9-16-7-8-17-6-5-15-13(17)10-16/h5-6,11-12H,1-4,7-10,14H2. The van der Waals surface area contributed by atoms with Crippen molar-refractivity contribution in [2.45, 2.75) is 44.8 Å². The van der Waals surface area contributed by atoms with Gasteiger partial charge in [0.25, 0.3) is 0 Å². The van der Waals surface area contributed by atoms with Crippen LogP contribution in [0, 0.1) is 5.92 Å². The predicted molar refractivity (Wildman–Crippen MR) is 67.4 cm³/mol. The number of fused-ring (bicyclic) bond motifs is 1. The van der Waals surface area contributed by atoms with Crippen LogP contribution in [0.3, 0.4) is 0 Å². The second-order valence-electron chi connectivity index (χ2n) is 5.48.